The number of aromatic nitrogens is 2. The summed E-state index contributed by atoms with van der Waals surface area (Å²) in [5.41, 5.74) is 0.00735. The SMILES string of the molecule is Cn1nc(C(=O)OCC2CCCCC2)c2ccccc2c1=O. The highest BCUT2D eigenvalue weighted by atomic mass is 16.5. The fraction of sp³-hybridized carbons (Fsp3) is 0.471. The number of ether oxygens (including phenoxy) is 1. The van der Waals surface area contributed by atoms with E-state index >= 15 is 0 Å². The number of hydrogen-bond acceptors (Lipinski definition) is 4. The molecule has 0 N–H and O–H groups in total. The molecule has 0 spiro atoms. The van der Waals surface area contributed by atoms with Gasteiger partial charge in [0.05, 0.1) is 12.0 Å². The third-order valence-corrected chi connectivity index (χ3v) is 4.32. The maximum Gasteiger partial charge on any atom is 0.359 e. The molecule has 22 heavy (non-hydrogen) atoms. The van der Waals surface area contributed by atoms with E-state index in [-0.39, 0.29) is 11.3 Å². The summed E-state index contributed by atoms with van der Waals surface area (Å²) in [5, 5.41) is 5.14. The van der Waals surface area contributed by atoms with Crippen LogP contribution in [0.15, 0.2) is 29.1 Å². The Balaban J connectivity index is 1.84. The highest BCUT2D eigenvalue weighted by Gasteiger charge is 2.20. The lowest BCUT2D eigenvalue weighted by Crippen LogP contribution is -2.25. The van der Waals surface area contributed by atoms with E-state index in [2.05, 4.69) is 5.10 Å². The van der Waals surface area contributed by atoms with Gasteiger partial charge in [0.15, 0.2) is 5.69 Å². The highest BCUT2D eigenvalue weighted by Crippen LogP contribution is 2.24. The van der Waals surface area contributed by atoms with Gasteiger partial charge in [-0.1, -0.05) is 37.5 Å². The molecule has 0 saturated heterocycles. The molecule has 0 bridgehead atoms. The van der Waals surface area contributed by atoms with Gasteiger partial charge >= 0.3 is 5.97 Å². The van der Waals surface area contributed by atoms with E-state index in [4.69, 9.17) is 4.74 Å². The van der Waals surface area contributed by atoms with Crippen LogP contribution in [0.3, 0.4) is 0 Å². The van der Waals surface area contributed by atoms with E-state index < -0.39 is 5.97 Å². The largest absolute Gasteiger partial charge is 0.461 e. The number of esters is 1. The Hall–Kier alpha value is -2.17. The second kappa shape index (κ2) is 6.30. The second-order valence-corrected chi connectivity index (χ2v) is 5.93. The molecule has 1 aromatic heterocycles. The number of hydrogen-bond donors (Lipinski definition) is 0. The van der Waals surface area contributed by atoms with E-state index in [0.717, 1.165) is 12.8 Å². The lowest BCUT2D eigenvalue weighted by atomic mass is 9.90. The first-order chi connectivity index (χ1) is 10.7. The minimum atomic E-state index is -0.447. The molecule has 0 atom stereocenters. The first kappa shape index (κ1) is 14.8. The number of benzene rings is 1. The van der Waals surface area contributed by atoms with Crippen molar-refractivity contribution in [2.45, 2.75) is 32.1 Å². The smallest absolute Gasteiger partial charge is 0.359 e. The van der Waals surface area contributed by atoms with Crippen LogP contribution < -0.4 is 5.56 Å². The van der Waals surface area contributed by atoms with Crippen LogP contribution in [0.5, 0.6) is 0 Å². The Kier molecular flexibility index (Phi) is 4.22. The summed E-state index contributed by atoms with van der Waals surface area (Å²) in [5.74, 6) is 0.00821. The Morgan fingerprint density at radius 3 is 2.64 bits per heavy atom. The minimum absolute atomic E-state index is 0.209. The monoisotopic (exact) mass is 300 g/mol. The summed E-state index contributed by atoms with van der Waals surface area (Å²) in [7, 11) is 1.55. The molecule has 1 fully saturated rings. The number of aryl methyl sites for hydroxylation is 1. The zero-order valence-corrected chi connectivity index (χ0v) is 12.7. The average molecular weight is 300 g/mol. The molecule has 5 heteroatoms. The Morgan fingerprint density at radius 2 is 1.91 bits per heavy atom. The van der Waals surface area contributed by atoms with Gasteiger partial charge in [0.2, 0.25) is 0 Å². The Morgan fingerprint density at radius 1 is 1.23 bits per heavy atom. The molecular formula is C17H20N2O3. The van der Waals surface area contributed by atoms with E-state index in [9.17, 15) is 9.59 Å². The third kappa shape index (κ3) is 2.89. The van der Waals surface area contributed by atoms with Gasteiger partial charge in [-0.3, -0.25) is 4.79 Å². The van der Waals surface area contributed by atoms with Gasteiger partial charge in [-0.15, -0.1) is 0 Å². The summed E-state index contributed by atoms with van der Waals surface area (Å²) in [6.07, 6.45) is 5.94. The molecule has 1 aliphatic rings. The highest BCUT2D eigenvalue weighted by molar-refractivity contribution is 6.02. The van der Waals surface area contributed by atoms with Crippen molar-refractivity contribution >= 4 is 16.7 Å². The van der Waals surface area contributed by atoms with E-state index in [0.29, 0.717) is 23.3 Å². The number of carbonyl (C=O) groups is 1. The van der Waals surface area contributed by atoms with Crippen LogP contribution in [0.4, 0.5) is 0 Å². The van der Waals surface area contributed by atoms with Crippen LogP contribution in [0, 0.1) is 5.92 Å². The summed E-state index contributed by atoms with van der Waals surface area (Å²) in [4.78, 5) is 24.4. The Labute approximate surface area is 128 Å². The van der Waals surface area contributed by atoms with Crippen LogP contribution in [-0.2, 0) is 11.8 Å². The van der Waals surface area contributed by atoms with Gasteiger partial charge in [0, 0.05) is 12.4 Å². The lowest BCUT2D eigenvalue weighted by Gasteiger charge is -2.21. The zero-order chi connectivity index (χ0) is 15.5. The van der Waals surface area contributed by atoms with Crippen molar-refractivity contribution in [1.29, 1.82) is 0 Å². The molecule has 116 valence electrons. The van der Waals surface area contributed by atoms with Crippen LogP contribution >= 0.6 is 0 Å². The van der Waals surface area contributed by atoms with Gasteiger partial charge < -0.3 is 4.74 Å². The molecule has 1 saturated carbocycles. The van der Waals surface area contributed by atoms with Gasteiger partial charge in [-0.2, -0.15) is 5.10 Å². The van der Waals surface area contributed by atoms with E-state index in [1.54, 1.807) is 31.3 Å². The predicted octanol–water partition coefficient (Wildman–Crippen LogP) is 2.67. The van der Waals surface area contributed by atoms with Crippen molar-refractivity contribution in [3.63, 3.8) is 0 Å². The molecule has 3 rings (SSSR count). The maximum absolute atomic E-state index is 12.4. The van der Waals surface area contributed by atoms with Crippen LogP contribution in [-0.4, -0.2) is 22.4 Å². The van der Waals surface area contributed by atoms with Crippen molar-refractivity contribution < 1.29 is 9.53 Å². The molecule has 0 amide bonds. The molecule has 5 nitrogen and oxygen atoms in total. The van der Waals surface area contributed by atoms with Crippen molar-refractivity contribution in [3.05, 3.63) is 40.3 Å². The van der Waals surface area contributed by atoms with Gasteiger partial charge in [-0.05, 0) is 24.8 Å². The normalized spacial score (nSPS) is 15.9. The fourth-order valence-electron chi connectivity index (χ4n) is 3.07. The quantitative estimate of drug-likeness (QED) is 0.818. The van der Waals surface area contributed by atoms with E-state index in [1.165, 1.54) is 23.9 Å². The second-order valence-electron chi connectivity index (χ2n) is 5.93. The van der Waals surface area contributed by atoms with Crippen LogP contribution in [0.2, 0.25) is 0 Å². The molecule has 0 radical (unpaired) electrons. The summed E-state index contributed by atoms with van der Waals surface area (Å²) in [6.45, 7) is 0.442. The van der Waals surface area contributed by atoms with Crippen molar-refractivity contribution in [1.82, 2.24) is 9.78 Å². The van der Waals surface area contributed by atoms with E-state index in [1.807, 2.05) is 0 Å². The minimum Gasteiger partial charge on any atom is -0.461 e. The molecule has 0 aliphatic heterocycles. The molecule has 2 aromatic rings. The summed E-state index contributed by atoms with van der Waals surface area (Å²) < 4.78 is 6.65. The summed E-state index contributed by atoms with van der Waals surface area (Å²) >= 11 is 0. The fourth-order valence-corrected chi connectivity index (χ4v) is 3.07. The van der Waals surface area contributed by atoms with Crippen molar-refractivity contribution in [2.75, 3.05) is 6.61 Å². The average Bonchev–Trinajstić information content (AvgIpc) is 2.57. The van der Waals surface area contributed by atoms with Crippen molar-refractivity contribution in [3.8, 4) is 0 Å². The molecule has 1 heterocycles. The predicted molar refractivity (Wildman–Crippen MR) is 83.8 cm³/mol. The number of carbonyl (C=O) groups excluding carboxylic acids is 1. The van der Waals surface area contributed by atoms with Gasteiger partial charge in [0.1, 0.15) is 0 Å². The number of fused-ring (bicyclic) bond motifs is 1. The molecule has 1 aliphatic carbocycles. The standard InChI is InChI=1S/C17H20N2O3/c1-19-16(20)14-10-6-5-9-13(14)15(18-19)17(21)22-11-12-7-3-2-4-8-12/h5-6,9-10,12H,2-4,7-8,11H2,1H3. The lowest BCUT2D eigenvalue weighted by molar-refractivity contribution is 0.0403. The van der Waals surface area contributed by atoms with Crippen LogP contribution in [0.1, 0.15) is 42.6 Å². The topological polar surface area (TPSA) is 61.2 Å². The van der Waals surface area contributed by atoms with Gasteiger partial charge in [-0.25, -0.2) is 9.48 Å². The molecule has 0 unspecified atom stereocenters. The first-order valence-electron chi connectivity index (χ1n) is 7.80. The maximum atomic E-state index is 12.4. The zero-order valence-electron chi connectivity index (χ0n) is 12.7. The van der Waals surface area contributed by atoms with Crippen molar-refractivity contribution in [2.24, 2.45) is 13.0 Å². The molecular weight excluding hydrogens is 280 g/mol. The summed E-state index contributed by atoms with van der Waals surface area (Å²) in [6, 6.07) is 7.01. The Bertz CT molecular complexity index is 745. The van der Waals surface area contributed by atoms with Crippen LogP contribution in [0.25, 0.3) is 10.8 Å². The number of nitrogens with zero attached hydrogens (tertiary/aromatic N) is 2. The first-order valence-corrected chi connectivity index (χ1v) is 7.80. The number of rotatable bonds is 3. The molecule has 1 aromatic carbocycles. The van der Waals surface area contributed by atoms with Gasteiger partial charge in [0.25, 0.3) is 5.56 Å². The third-order valence-electron chi connectivity index (χ3n) is 4.32.